The summed E-state index contributed by atoms with van der Waals surface area (Å²) in [5, 5.41) is 12.0. The van der Waals surface area contributed by atoms with Crippen molar-refractivity contribution in [2.24, 2.45) is 0 Å². The summed E-state index contributed by atoms with van der Waals surface area (Å²) in [4.78, 5) is 27.6. The first-order valence-corrected chi connectivity index (χ1v) is 13.4. The minimum absolute atomic E-state index is 0.106. The number of nitrogens with zero attached hydrogens (tertiary/aromatic N) is 1. The van der Waals surface area contributed by atoms with Gasteiger partial charge in [0.15, 0.2) is 14.1 Å². The summed E-state index contributed by atoms with van der Waals surface area (Å²) in [6.45, 7) is 5.88. The maximum Gasteiger partial charge on any atom is 0.330 e. The molecule has 2 aromatic carbocycles. The zero-order chi connectivity index (χ0) is 25.2. The van der Waals surface area contributed by atoms with E-state index in [0.717, 1.165) is 10.4 Å². The molecular weight excluding hydrogens is 464 g/mol. The van der Waals surface area contributed by atoms with Crippen LogP contribution in [0.1, 0.15) is 20.8 Å². The third-order valence-corrected chi connectivity index (χ3v) is 9.93. The van der Waals surface area contributed by atoms with Gasteiger partial charge in [0.1, 0.15) is 18.3 Å². The van der Waals surface area contributed by atoms with Crippen molar-refractivity contribution in [3.8, 4) is 0 Å². The summed E-state index contributed by atoms with van der Waals surface area (Å²) < 4.78 is 20.0. The van der Waals surface area contributed by atoms with Crippen molar-refractivity contribution >= 4 is 19.2 Å². The summed E-state index contributed by atoms with van der Waals surface area (Å²) >= 11 is 0. The van der Waals surface area contributed by atoms with E-state index in [1.54, 1.807) is 0 Å². The molecule has 0 radical (unpaired) electrons. The van der Waals surface area contributed by atoms with Crippen LogP contribution in [-0.4, -0.2) is 61.1 Å². The second-order valence-corrected chi connectivity index (χ2v) is 12.7. The van der Waals surface area contributed by atoms with Gasteiger partial charge >= 0.3 is 5.69 Å². The Morgan fingerprint density at radius 3 is 2.09 bits per heavy atom. The van der Waals surface area contributed by atoms with Crippen LogP contribution in [-0.2, 0) is 19.6 Å². The molecule has 4 rings (SSSR count). The number of methoxy groups -OCH3 is 1. The van der Waals surface area contributed by atoms with Gasteiger partial charge in [-0.15, -0.1) is 0 Å². The zero-order valence-corrected chi connectivity index (χ0v) is 21.5. The number of aliphatic hydroxyl groups excluding tert-OH is 1. The molecule has 9 heteroatoms. The van der Waals surface area contributed by atoms with Gasteiger partial charge in [0, 0.05) is 19.4 Å². The molecule has 4 atom stereocenters. The number of aliphatic hydroxyl groups is 1. The van der Waals surface area contributed by atoms with Crippen molar-refractivity contribution in [2.45, 2.75) is 50.0 Å². The number of benzene rings is 2. The van der Waals surface area contributed by atoms with Crippen molar-refractivity contribution in [2.75, 3.05) is 13.7 Å². The molecule has 1 aliphatic heterocycles. The van der Waals surface area contributed by atoms with Gasteiger partial charge in [-0.1, -0.05) is 71.0 Å². The quantitative estimate of drug-likeness (QED) is 0.458. The molecule has 8 nitrogen and oxygen atoms in total. The topological polar surface area (TPSA) is 103 Å². The standard InChI is InChI=1S/C26H32N2O6Si/c1-25(2,3)33-17-20-22(30)23(32-4)26(34-20,28-16-15-21(29)27-24(28)31)35(18-11-7-5-8-12-18)19-13-9-6-10-14-19/h5-16,20,22-23,30,35H,17H2,1-4H3,(H,27,29,31)/t20-,22-,23-,26+/m1/s1. The smallest absolute Gasteiger partial charge is 0.330 e. The number of hydrogen-bond donors (Lipinski definition) is 2. The summed E-state index contributed by atoms with van der Waals surface area (Å²) in [5.41, 5.74) is -1.60. The third kappa shape index (κ3) is 4.96. The number of hydrogen-bond acceptors (Lipinski definition) is 6. The summed E-state index contributed by atoms with van der Waals surface area (Å²) in [6, 6.07) is 20.9. The normalized spacial score (nSPS) is 24.7. The largest absolute Gasteiger partial charge is 0.387 e. The molecule has 0 saturated carbocycles. The third-order valence-electron chi connectivity index (χ3n) is 6.25. The van der Waals surface area contributed by atoms with Gasteiger partial charge in [-0.25, -0.2) is 4.79 Å². The van der Waals surface area contributed by atoms with Crippen molar-refractivity contribution in [1.29, 1.82) is 0 Å². The lowest BCUT2D eigenvalue weighted by Crippen LogP contribution is -2.69. The first-order valence-electron chi connectivity index (χ1n) is 11.6. The van der Waals surface area contributed by atoms with Crippen LogP contribution < -0.4 is 21.6 Å². The summed E-state index contributed by atoms with van der Waals surface area (Å²) in [6.07, 6.45) is -1.32. The van der Waals surface area contributed by atoms with Gasteiger partial charge < -0.3 is 19.3 Å². The van der Waals surface area contributed by atoms with Crippen molar-refractivity contribution < 1.29 is 19.3 Å². The monoisotopic (exact) mass is 496 g/mol. The molecule has 186 valence electrons. The first kappa shape index (κ1) is 25.3. The molecule has 1 aliphatic rings. The van der Waals surface area contributed by atoms with Crippen LogP contribution >= 0.6 is 0 Å². The Morgan fingerprint density at radius 2 is 1.60 bits per heavy atom. The van der Waals surface area contributed by atoms with Gasteiger partial charge in [0.2, 0.25) is 0 Å². The Hall–Kier alpha value is -2.82. The van der Waals surface area contributed by atoms with E-state index >= 15 is 0 Å². The van der Waals surface area contributed by atoms with E-state index in [-0.39, 0.29) is 6.61 Å². The molecular formula is C26H32N2O6Si. The second kappa shape index (κ2) is 10.0. The fourth-order valence-electron chi connectivity index (χ4n) is 4.81. The lowest BCUT2D eigenvalue weighted by atomic mass is 10.1. The van der Waals surface area contributed by atoms with E-state index in [0.29, 0.717) is 0 Å². The van der Waals surface area contributed by atoms with Crippen LogP contribution in [0.25, 0.3) is 0 Å². The lowest BCUT2D eigenvalue weighted by molar-refractivity contribution is -0.123. The fraction of sp³-hybridized carbons (Fsp3) is 0.385. The number of aromatic amines is 1. The van der Waals surface area contributed by atoms with Crippen LogP contribution in [0.5, 0.6) is 0 Å². The molecule has 0 spiro atoms. The van der Waals surface area contributed by atoms with E-state index < -0.39 is 49.3 Å². The predicted octanol–water partition coefficient (Wildman–Crippen LogP) is 0.360. The minimum Gasteiger partial charge on any atom is -0.387 e. The maximum absolute atomic E-state index is 13.3. The summed E-state index contributed by atoms with van der Waals surface area (Å²) in [7, 11) is -1.05. The highest BCUT2D eigenvalue weighted by Gasteiger charge is 2.62. The number of nitrogens with one attached hydrogen (secondary N) is 1. The Morgan fingerprint density at radius 1 is 1.03 bits per heavy atom. The molecule has 1 saturated heterocycles. The molecule has 35 heavy (non-hydrogen) atoms. The number of rotatable bonds is 7. The molecule has 2 N–H and O–H groups in total. The molecule has 3 aromatic rings. The molecule has 1 aromatic heterocycles. The number of H-pyrrole nitrogens is 1. The second-order valence-electron chi connectivity index (χ2n) is 9.71. The molecule has 0 unspecified atom stereocenters. The number of ether oxygens (including phenoxy) is 3. The van der Waals surface area contributed by atoms with Gasteiger partial charge in [-0.2, -0.15) is 0 Å². The maximum atomic E-state index is 13.3. The Balaban J connectivity index is 1.99. The van der Waals surface area contributed by atoms with E-state index in [1.807, 2.05) is 81.4 Å². The van der Waals surface area contributed by atoms with E-state index in [4.69, 9.17) is 14.2 Å². The Bertz CT molecular complexity index is 1200. The van der Waals surface area contributed by atoms with Gasteiger partial charge in [0.05, 0.1) is 12.2 Å². The highest BCUT2D eigenvalue weighted by molar-refractivity contribution is 6.86. The van der Waals surface area contributed by atoms with Gasteiger partial charge in [-0.05, 0) is 20.8 Å². The van der Waals surface area contributed by atoms with Crippen LogP contribution in [0.4, 0.5) is 0 Å². The zero-order valence-electron chi connectivity index (χ0n) is 20.4. The molecule has 1 fully saturated rings. The highest BCUT2D eigenvalue weighted by Crippen LogP contribution is 2.39. The number of aromatic nitrogens is 2. The van der Waals surface area contributed by atoms with E-state index in [9.17, 15) is 14.7 Å². The molecule has 0 bridgehead atoms. The van der Waals surface area contributed by atoms with Gasteiger partial charge in [0.25, 0.3) is 5.56 Å². The van der Waals surface area contributed by atoms with Crippen LogP contribution in [0.2, 0.25) is 0 Å². The molecule has 0 amide bonds. The van der Waals surface area contributed by atoms with Crippen LogP contribution in [0.15, 0.2) is 82.5 Å². The van der Waals surface area contributed by atoms with Gasteiger partial charge in [-0.3, -0.25) is 14.3 Å². The lowest BCUT2D eigenvalue weighted by Gasteiger charge is -2.41. The summed E-state index contributed by atoms with van der Waals surface area (Å²) in [5.74, 6) is 0. The predicted molar refractivity (Wildman–Crippen MR) is 136 cm³/mol. The minimum atomic E-state index is -2.55. The van der Waals surface area contributed by atoms with Crippen molar-refractivity contribution in [3.05, 3.63) is 93.8 Å². The Labute approximate surface area is 205 Å². The highest BCUT2D eigenvalue weighted by atomic mass is 28.3. The SMILES string of the molecule is CO[C@@H]1[C@H](O)[C@@H](COC(C)(C)C)O[C@]1(n1ccc(=O)[nH]c1=O)[SiH](c1ccccc1)c1ccccc1. The average Bonchev–Trinajstić information content (AvgIpc) is 3.10. The fourth-order valence-corrected chi connectivity index (χ4v) is 8.82. The molecule has 2 heterocycles. The first-order chi connectivity index (χ1) is 16.7. The van der Waals surface area contributed by atoms with Crippen molar-refractivity contribution in [3.63, 3.8) is 0 Å². The van der Waals surface area contributed by atoms with E-state index in [1.165, 1.54) is 23.9 Å². The molecule has 0 aliphatic carbocycles. The van der Waals surface area contributed by atoms with E-state index in [2.05, 4.69) is 4.98 Å². The van der Waals surface area contributed by atoms with Crippen LogP contribution in [0, 0.1) is 0 Å². The van der Waals surface area contributed by atoms with Crippen LogP contribution in [0.3, 0.4) is 0 Å². The van der Waals surface area contributed by atoms with Crippen molar-refractivity contribution in [1.82, 2.24) is 9.55 Å². The average molecular weight is 497 g/mol. The Kier molecular flexibility index (Phi) is 7.25.